The van der Waals surface area contributed by atoms with E-state index >= 15 is 0 Å². The van der Waals surface area contributed by atoms with Crippen LogP contribution in [-0.2, 0) is 11.3 Å². The predicted octanol–water partition coefficient (Wildman–Crippen LogP) is 2.89. The largest absolute Gasteiger partial charge is 0.493 e. The summed E-state index contributed by atoms with van der Waals surface area (Å²) in [6.07, 6.45) is 4.47. The number of H-pyrrole nitrogens is 1. The number of ether oxygens (including phenoxy) is 3. The minimum atomic E-state index is -0.699. The smallest absolute Gasteiger partial charge is 0.260 e. The van der Waals surface area contributed by atoms with Crippen molar-refractivity contribution < 1.29 is 19.3 Å². The van der Waals surface area contributed by atoms with E-state index in [4.69, 9.17) is 20.6 Å². The van der Waals surface area contributed by atoms with Crippen molar-refractivity contribution >= 4 is 21.6 Å². The van der Waals surface area contributed by atoms with Gasteiger partial charge in [0.1, 0.15) is 17.3 Å². The number of hydrogen-bond donors (Lipinski definition) is 2. The molecule has 3 aromatic rings. The fourth-order valence-corrected chi connectivity index (χ4v) is 4.48. The third-order valence-electron chi connectivity index (χ3n) is 5.21. The predicted molar refractivity (Wildman–Crippen MR) is 130 cm³/mol. The summed E-state index contributed by atoms with van der Waals surface area (Å²) in [6.45, 7) is 5.10. The van der Waals surface area contributed by atoms with E-state index in [1.807, 2.05) is 42.3 Å². The van der Waals surface area contributed by atoms with Crippen molar-refractivity contribution in [2.24, 2.45) is 0 Å². The van der Waals surface area contributed by atoms with Crippen molar-refractivity contribution in [3.8, 4) is 35.0 Å². The molecule has 2 heterocycles. The van der Waals surface area contributed by atoms with E-state index in [0.717, 1.165) is 11.1 Å². The summed E-state index contributed by atoms with van der Waals surface area (Å²) in [4.78, 5) is 23.3. The molecular formula is C24H29N3O5S. The molecule has 0 aliphatic rings. The molecule has 0 spiro atoms. The maximum atomic E-state index is 13.0. The summed E-state index contributed by atoms with van der Waals surface area (Å²) in [5.74, 6) is 4.13. The molecule has 8 nitrogen and oxygen atoms in total. The van der Waals surface area contributed by atoms with Crippen molar-refractivity contribution in [3.05, 3.63) is 39.8 Å². The zero-order valence-corrected chi connectivity index (χ0v) is 20.1. The number of aliphatic hydroxyl groups excluding tert-OH is 1. The number of methoxy groups -OCH3 is 2. The second-order valence-electron chi connectivity index (χ2n) is 7.81. The molecule has 0 amide bonds. The number of rotatable bonds is 11. The zero-order chi connectivity index (χ0) is 24.0. The van der Waals surface area contributed by atoms with Gasteiger partial charge in [0.25, 0.3) is 5.56 Å². The van der Waals surface area contributed by atoms with Crippen LogP contribution < -0.4 is 15.0 Å². The Kier molecular flexibility index (Phi) is 8.47. The van der Waals surface area contributed by atoms with Crippen molar-refractivity contribution in [2.75, 3.05) is 34.0 Å². The summed E-state index contributed by atoms with van der Waals surface area (Å²) in [5.41, 5.74) is 1.43. The SMILES string of the molecule is C#CCOC[C@H](O)CN(Cc1nc2scc(-c3ccc(OC)c(OC)c3)c2c(=O)[nH]1)C(C)C. The summed E-state index contributed by atoms with van der Waals surface area (Å²) >= 11 is 1.41. The highest BCUT2D eigenvalue weighted by molar-refractivity contribution is 7.17. The fraction of sp³-hybridized carbons (Fsp3) is 0.417. The number of terminal acetylenes is 1. The standard InChI is InChI=1S/C24H29N3O5S/c1-6-9-32-13-17(28)11-27(15(2)3)12-21-25-23(29)22-18(14-33-24(22)26-21)16-7-8-19(30-4)20(10-16)31-5/h1,7-8,10,14-15,17,28H,9,11-13H2,2-5H3,(H,25,26,29)/t17-/m1/s1. The first-order valence-corrected chi connectivity index (χ1v) is 11.4. The van der Waals surface area contributed by atoms with Gasteiger partial charge in [0.15, 0.2) is 11.5 Å². The third kappa shape index (κ3) is 5.92. The highest BCUT2D eigenvalue weighted by Gasteiger charge is 2.19. The molecule has 0 saturated carbocycles. The van der Waals surface area contributed by atoms with Gasteiger partial charge in [-0.25, -0.2) is 4.98 Å². The molecule has 1 atom stereocenters. The number of fused-ring (bicyclic) bond motifs is 1. The van der Waals surface area contributed by atoms with E-state index in [-0.39, 0.29) is 24.8 Å². The van der Waals surface area contributed by atoms with Gasteiger partial charge in [-0.3, -0.25) is 9.69 Å². The molecule has 9 heteroatoms. The number of nitrogens with one attached hydrogen (secondary N) is 1. The number of hydrogen-bond acceptors (Lipinski definition) is 8. The Morgan fingerprint density at radius 3 is 2.70 bits per heavy atom. The molecule has 0 aliphatic carbocycles. The van der Waals surface area contributed by atoms with E-state index in [1.54, 1.807) is 14.2 Å². The molecule has 0 saturated heterocycles. The van der Waals surface area contributed by atoms with Gasteiger partial charge in [-0.05, 0) is 31.5 Å². The number of benzene rings is 1. The summed E-state index contributed by atoms with van der Waals surface area (Å²) < 4.78 is 15.9. The quantitative estimate of drug-likeness (QED) is 0.328. The molecule has 3 rings (SSSR count). The van der Waals surface area contributed by atoms with Crippen LogP contribution in [0.15, 0.2) is 28.4 Å². The van der Waals surface area contributed by atoms with Gasteiger partial charge >= 0.3 is 0 Å². The molecule has 0 unspecified atom stereocenters. The monoisotopic (exact) mass is 471 g/mol. The topological polar surface area (TPSA) is 96.9 Å². The normalized spacial score (nSPS) is 12.3. The summed E-state index contributed by atoms with van der Waals surface area (Å²) in [7, 11) is 3.16. The highest BCUT2D eigenvalue weighted by atomic mass is 32.1. The van der Waals surface area contributed by atoms with Gasteiger partial charge in [0.05, 0.1) is 38.9 Å². The van der Waals surface area contributed by atoms with E-state index in [9.17, 15) is 9.90 Å². The van der Waals surface area contributed by atoms with Gasteiger partial charge in [-0.1, -0.05) is 12.0 Å². The van der Waals surface area contributed by atoms with Gasteiger partial charge in [0.2, 0.25) is 0 Å². The van der Waals surface area contributed by atoms with E-state index in [0.29, 0.717) is 40.6 Å². The van der Waals surface area contributed by atoms with Gasteiger partial charge in [-0.2, -0.15) is 0 Å². The molecule has 0 bridgehead atoms. The molecule has 2 aromatic heterocycles. The van der Waals surface area contributed by atoms with E-state index in [2.05, 4.69) is 15.9 Å². The molecule has 1 aromatic carbocycles. The molecular weight excluding hydrogens is 442 g/mol. The Bertz CT molecular complexity index is 1180. The Balaban J connectivity index is 1.86. The molecule has 0 aliphatic heterocycles. The van der Waals surface area contributed by atoms with Gasteiger partial charge in [0, 0.05) is 23.5 Å². The van der Waals surface area contributed by atoms with Crippen molar-refractivity contribution in [1.29, 1.82) is 0 Å². The second-order valence-corrected chi connectivity index (χ2v) is 8.67. The lowest BCUT2D eigenvalue weighted by Crippen LogP contribution is -2.39. The minimum Gasteiger partial charge on any atom is -0.493 e. The van der Waals surface area contributed by atoms with E-state index in [1.165, 1.54) is 11.3 Å². The van der Waals surface area contributed by atoms with Crippen LogP contribution in [0.25, 0.3) is 21.3 Å². The number of nitrogens with zero attached hydrogens (tertiary/aromatic N) is 2. The minimum absolute atomic E-state index is 0.124. The average Bonchev–Trinajstić information content (AvgIpc) is 3.22. The molecule has 0 radical (unpaired) electrons. The number of aliphatic hydroxyl groups is 1. The van der Waals surface area contributed by atoms with Crippen LogP contribution in [0, 0.1) is 12.3 Å². The summed E-state index contributed by atoms with van der Waals surface area (Å²) in [5, 5.41) is 12.7. The first-order chi connectivity index (χ1) is 15.9. The molecule has 2 N–H and O–H groups in total. The maximum Gasteiger partial charge on any atom is 0.260 e. The van der Waals surface area contributed by atoms with Gasteiger partial charge in [-0.15, -0.1) is 17.8 Å². The number of aromatic amines is 1. The fourth-order valence-electron chi connectivity index (χ4n) is 3.51. The Morgan fingerprint density at radius 2 is 2.03 bits per heavy atom. The first kappa shape index (κ1) is 24.7. The second kappa shape index (κ2) is 11.3. The van der Waals surface area contributed by atoms with Crippen LogP contribution in [-0.4, -0.2) is 66.1 Å². The van der Waals surface area contributed by atoms with Crippen LogP contribution in [0.1, 0.15) is 19.7 Å². The van der Waals surface area contributed by atoms with Crippen LogP contribution in [0.2, 0.25) is 0 Å². The maximum absolute atomic E-state index is 13.0. The van der Waals surface area contributed by atoms with Crippen LogP contribution in [0.5, 0.6) is 11.5 Å². The lowest BCUT2D eigenvalue weighted by molar-refractivity contribution is 0.0186. The molecule has 0 fully saturated rings. The van der Waals surface area contributed by atoms with Crippen molar-refractivity contribution in [2.45, 2.75) is 32.5 Å². The number of thiophene rings is 1. The highest BCUT2D eigenvalue weighted by Crippen LogP contribution is 2.36. The summed E-state index contributed by atoms with van der Waals surface area (Å²) in [6, 6.07) is 5.67. The van der Waals surface area contributed by atoms with Gasteiger partial charge < -0.3 is 24.3 Å². The van der Waals surface area contributed by atoms with Crippen LogP contribution in [0.4, 0.5) is 0 Å². The lowest BCUT2D eigenvalue weighted by atomic mass is 10.1. The Labute approximate surface area is 197 Å². The Hall–Kier alpha value is -2.90. The Morgan fingerprint density at radius 1 is 1.27 bits per heavy atom. The first-order valence-electron chi connectivity index (χ1n) is 10.5. The average molecular weight is 472 g/mol. The van der Waals surface area contributed by atoms with Crippen molar-refractivity contribution in [1.82, 2.24) is 14.9 Å². The van der Waals surface area contributed by atoms with Crippen LogP contribution >= 0.6 is 11.3 Å². The third-order valence-corrected chi connectivity index (χ3v) is 6.08. The molecule has 33 heavy (non-hydrogen) atoms. The lowest BCUT2D eigenvalue weighted by Gasteiger charge is -2.28. The zero-order valence-electron chi connectivity index (χ0n) is 19.3. The number of aromatic nitrogens is 2. The van der Waals surface area contributed by atoms with Crippen molar-refractivity contribution in [3.63, 3.8) is 0 Å². The van der Waals surface area contributed by atoms with Crippen LogP contribution in [0.3, 0.4) is 0 Å². The van der Waals surface area contributed by atoms with E-state index < -0.39 is 6.10 Å². The molecule has 176 valence electrons.